The average molecular weight is 288 g/mol. The second-order valence-electron chi connectivity index (χ2n) is 4.84. The molecule has 7 nitrogen and oxygen atoms in total. The Kier molecular flexibility index (Phi) is 4.32. The van der Waals surface area contributed by atoms with Crippen molar-refractivity contribution >= 4 is 17.3 Å². The van der Waals surface area contributed by atoms with Gasteiger partial charge in [0.25, 0.3) is 0 Å². The molecule has 0 aliphatic carbocycles. The molecule has 0 aliphatic heterocycles. The third kappa shape index (κ3) is 3.88. The maximum absolute atomic E-state index is 11.9. The van der Waals surface area contributed by atoms with E-state index < -0.39 is 4.92 Å². The number of hydrogen-bond donors (Lipinski definition) is 1. The van der Waals surface area contributed by atoms with Gasteiger partial charge in [-0.05, 0) is 25.5 Å². The van der Waals surface area contributed by atoms with E-state index in [9.17, 15) is 14.9 Å². The maximum Gasteiger partial charge on any atom is 0.306 e. The second-order valence-corrected chi connectivity index (χ2v) is 4.84. The van der Waals surface area contributed by atoms with Crippen molar-refractivity contribution in [2.45, 2.75) is 26.8 Å². The van der Waals surface area contributed by atoms with E-state index in [0.29, 0.717) is 6.54 Å². The molecule has 0 saturated carbocycles. The monoisotopic (exact) mass is 288 g/mol. The van der Waals surface area contributed by atoms with Gasteiger partial charge in [-0.2, -0.15) is 5.10 Å². The SMILES string of the molecule is Cc1ccc(NC(=O)CCn2cc([N+](=O)[O-])cn2)c(C)c1. The highest BCUT2D eigenvalue weighted by atomic mass is 16.6. The summed E-state index contributed by atoms with van der Waals surface area (Å²) in [5, 5.41) is 17.2. The van der Waals surface area contributed by atoms with Gasteiger partial charge in [0.1, 0.15) is 12.4 Å². The van der Waals surface area contributed by atoms with Crippen LogP contribution in [-0.2, 0) is 11.3 Å². The topological polar surface area (TPSA) is 90.1 Å². The highest BCUT2D eigenvalue weighted by molar-refractivity contribution is 5.91. The smallest absolute Gasteiger partial charge is 0.306 e. The fourth-order valence-corrected chi connectivity index (χ4v) is 1.95. The fourth-order valence-electron chi connectivity index (χ4n) is 1.95. The lowest BCUT2D eigenvalue weighted by Gasteiger charge is -2.09. The largest absolute Gasteiger partial charge is 0.326 e. The van der Waals surface area contributed by atoms with Gasteiger partial charge < -0.3 is 5.32 Å². The van der Waals surface area contributed by atoms with Crippen molar-refractivity contribution in [1.29, 1.82) is 0 Å². The molecule has 7 heteroatoms. The number of benzene rings is 1. The molecule has 0 saturated heterocycles. The van der Waals surface area contributed by atoms with E-state index in [-0.39, 0.29) is 18.0 Å². The van der Waals surface area contributed by atoms with Crippen LogP contribution < -0.4 is 5.32 Å². The van der Waals surface area contributed by atoms with Crippen molar-refractivity contribution in [3.8, 4) is 0 Å². The number of aryl methyl sites for hydroxylation is 3. The maximum atomic E-state index is 11.9. The Hall–Kier alpha value is -2.70. The van der Waals surface area contributed by atoms with Crippen molar-refractivity contribution in [2.24, 2.45) is 0 Å². The molecule has 0 aliphatic rings. The molecule has 1 aromatic carbocycles. The molecule has 0 spiro atoms. The first-order chi connectivity index (χ1) is 9.95. The van der Waals surface area contributed by atoms with Crippen molar-refractivity contribution in [3.63, 3.8) is 0 Å². The normalized spacial score (nSPS) is 10.4. The van der Waals surface area contributed by atoms with Crippen molar-refractivity contribution in [2.75, 3.05) is 5.32 Å². The zero-order valence-electron chi connectivity index (χ0n) is 11.9. The molecular formula is C14H16N4O3. The lowest BCUT2D eigenvalue weighted by molar-refractivity contribution is -0.385. The van der Waals surface area contributed by atoms with Gasteiger partial charge in [-0.3, -0.25) is 19.6 Å². The van der Waals surface area contributed by atoms with Crippen LogP contribution in [0.2, 0.25) is 0 Å². The van der Waals surface area contributed by atoms with Crippen molar-refractivity contribution in [3.05, 3.63) is 51.8 Å². The molecule has 0 radical (unpaired) electrons. The van der Waals surface area contributed by atoms with E-state index in [1.54, 1.807) is 0 Å². The zero-order valence-corrected chi connectivity index (χ0v) is 11.9. The first kappa shape index (κ1) is 14.7. The molecule has 110 valence electrons. The predicted molar refractivity (Wildman–Crippen MR) is 78.0 cm³/mol. The summed E-state index contributed by atoms with van der Waals surface area (Å²) in [6.07, 6.45) is 2.68. The summed E-state index contributed by atoms with van der Waals surface area (Å²) in [7, 11) is 0. The molecule has 0 atom stereocenters. The van der Waals surface area contributed by atoms with Crippen LogP contribution in [0.15, 0.2) is 30.6 Å². The van der Waals surface area contributed by atoms with E-state index in [1.165, 1.54) is 17.1 Å². The first-order valence-corrected chi connectivity index (χ1v) is 6.49. The minimum Gasteiger partial charge on any atom is -0.326 e. The van der Waals surface area contributed by atoms with Gasteiger partial charge in [0.2, 0.25) is 5.91 Å². The third-order valence-electron chi connectivity index (χ3n) is 3.05. The Morgan fingerprint density at radius 3 is 2.81 bits per heavy atom. The Labute approximate surface area is 121 Å². The molecule has 2 aromatic rings. The fraction of sp³-hybridized carbons (Fsp3) is 0.286. The predicted octanol–water partition coefficient (Wildman–Crippen LogP) is 2.44. The summed E-state index contributed by atoms with van der Waals surface area (Å²) in [5.41, 5.74) is 2.83. The number of carbonyl (C=O) groups is 1. The quantitative estimate of drug-likeness (QED) is 0.675. The number of nitrogens with one attached hydrogen (secondary N) is 1. The molecular weight excluding hydrogens is 272 g/mol. The van der Waals surface area contributed by atoms with Gasteiger partial charge in [-0.1, -0.05) is 17.7 Å². The van der Waals surface area contributed by atoms with Crippen LogP contribution in [0.3, 0.4) is 0 Å². The summed E-state index contributed by atoms with van der Waals surface area (Å²) in [6, 6.07) is 5.78. The minimum atomic E-state index is -0.515. The summed E-state index contributed by atoms with van der Waals surface area (Å²) in [4.78, 5) is 21.9. The summed E-state index contributed by atoms with van der Waals surface area (Å²) >= 11 is 0. The van der Waals surface area contributed by atoms with Gasteiger partial charge in [-0.15, -0.1) is 0 Å². The summed E-state index contributed by atoms with van der Waals surface area (Å²) in [5.74, 6) is -0.153. The highest BCUT2D eigenvalue weighted by Crippen LogP contribution is 2.16. The molecule has 1 heterocycles. The molecule has 0 unspecified atom stereocenters. The third-order valence-corrected chi connectivity index (χ3v) is 3.05. The van der Waals surface area contributed by atoms with Crippen LogP contribution in [-0.4, -0.2) is 20.6 Å². The average Bonchev–Trinajstić information content (AvgIpc) is 2.89. The van der Waals surface area contributed by atoms with E-state index in [1.807, 2.05) is 32.0 Å². The molecule has 0 bridgehead atoms. The number of aromatic nitrogens is 2. The van der Waals surface area contributed by atoms with E-state index in [0.717, 1.165) is 16.8 Å². The van der Waals surface area contributed by atoms with Crippen LogP contribution in [0.1, 0.15) is 17.5 Å². The van der Waals surface area contributed by atoms with E-state index in [2.05, 4.69) is 10.4 Å². The number of amides is 1. The Bertz CT molecular complexity index is 679. The standard InChI is InChI=1S/C14H16N4O3/c1-10-3-4-13(11(2)7-10)16-14(19)5-6-17-9-12(8-15-17)18(20)21/h3-4,7-9H,5-6H2,1-2H3,(H,16,19). The van der Waals surface area contributed by atoms with Crippen LogP contribution in [0.4, 0.5) is 11.4 Å². The van der Waals surface area contributed by atoms with E-state index >= 15 is 0 Å². The summed E-state index contributed by atoms with van der Waals surface area (Å²) in [6.45, 7) is 4.22. The van der Waals surface area contributed by atoms with Gasteiger partial charge in [0.15, 0.2) is 0 Å². The number of hydrogen-bond acceptors (Lipinski definition) is 4. The number of nitro groups is 1. The molecule has 1 amide bonds. The number of nitrogens with zero attached hydrogens (tertiary/aromatic N) is 3. The minimum absolute atomic E-state index is 0.0789. The Balaban J connectivity index is 1.91. The van der Waals surface area contributed by atoms with Crippen molar-refractivity contribution in [1.82, 2.24) is 9.78 Å². The van der Waals surface area contributed by atoms with Crippen molar-refractivity contribution < 1.29 is 9.72 Å². The summed E-state index contributed by atoms with van der Waals surface area (Å²) < 4.78 is 1.39. The van der Waals surface area contributed by atoms with Crippen LogP contribution in [0.5, 0.6) is 0 Å². The molecule has 21 heavy (non-hydrogen) atoms. The first-order valence-electron chi connectivity index (χ1n) is 6.49. The highest BCUT2D eigenvalue weighted by Gasteiger charge is 2.10. The van der Waals surface area contributed by atoms with E-state index in [4.69, 9.17) is 0 Å². The van der Waals surface area contributed by atoms with Crippen LogP contribution >= 0.6 is 0 Å². The Morgan fingerprint density at radius 1 is 1.43 bits per heavy atom. The second kappa shape index (κ2) is 6.17. The zero-order chi connectivity index (χ0) is 15.4. The van der Waals surface area contributed by atoms with Gasteiger partial charge in [0, 0.05) is 18.7 Å². The van der Waals surface area contributed by atoms with Gasteiger partial charge in [-0.25, -0.2) is 0 Å². The van der Waals surface area contributed by atoms with Crippen LogP contribution in [0, 0.1) is 24.0 Å². The van der Waals surface area contributed by atoms with Crippen LogP contribution in [0.25, 0.3) is 0 Å². The number of rotatable bonds is 5. The molecule has 0 fully saturated rings. The van der Waals surface area contributed by atoms with Gasteiger partial charge in [0.05, 0.1) is 4.92 Å². The lowest BCUT2D eigenvalue weighted by atomic mass is 10.1. The molecule has 2 rings (SSSR count). The lowest BCUT2D eigenvalue weighted by Crippen LogP contribution is -2.15. The number of carbonyl (C=O) groups excluding carboxylic acids is 1. The Morgan fingerprint density at radius 2 is 2.19 bits per heavy atom. The number of anilines is 1. The molecule has 1 N–H and O–H groups in total. The molecule has 1 aromatic heterocycles. The van der Waals surface area contributed by atoms with Gasteiger partial charge >= 0.3 is 5.69 Å².